The number of nitro groups is 1. The van der Waals surface area contributed by atoms with Crippen LogP contribution in [0.15, 0.2) is 71.8 Å². The number of carboxylic acid groups (broad SMARTS) is 1. The smallest absolute Gasteiger partial charge is 0.352 e. The Labute approximate surface area is 225 Å². The summed E-state index contributed by atoms with van der Waals surface area (Å²) in [5.41, 5.74) is 4.56. The lowest BCUT2D eigenvalue weighted by molar-refractivity contribution is -0.385. The predicted molar refractivity (Wildman–Crippen MR) is 145 cm³/mol. The van der Waals surface area contributed by atoms with Crippen molar-refractivity contribution in [3.05, 3.63) is 92.5 Å². The van der Waals surface area contributed by atoms with E-state index in [1.807, 2.05) is 24.3 Å². The second kappa shape index (κ2) is 11.4. The van der Waals surface area contributed by atoms with E-state index in [0.29, 0.717) is 32.2 Å². The zero-order chi connectivity index (χ0) is 26.5. The molecular weight excluding hydrogens is 539 g/mol. The first kappa shape index (κ1) is 26.1. The molecule has 0 radical (unpaired) electrons. The highest BCUT2D eigenvalue weighted by Gasteiger charge is 2.20. The van der Waals surface area contributed by atoms with Crippen molar-refractivity contribution in [1.29, 1.82) is 0 Å². The largest absolute Gasteiger partial charge is 0.497 e. The zero-order valence-corrected chi connectivity index (χ0v) is 21.5. The number of nitrogens with zero attached hydrogens (tertiary/aromatic N) is 3. The number of aliphatic carboxylic acids is 1. The fourth-order valence-corrected chi connectivity index (χ4v) is 4.68. The summed E-state index contributed by atoms with van der Waals surface area (Å²) < 4.78 is 5.24. The van der Waals surface area contributed by atoms with Crippen LogP contribution in [0.3, 0.4) is 0 Å². The van der Waals surface area contributed by atoms with Crippen molar-refractivity contribution < 1.29 is 19.6 Å². The molecule has 0 aliphatic heterocycles. The van der Waals surface area contributed by atoms with Gasteiger partial charge in [-0.15, -0.1) is 0 Å². The van der Waals surface area contributed by atoms with Gasteiger partial charge in [-0.2, -0.15) is 5.10 Å². The molecule has 0 bridgehead atoms. The van der Waals surface area contributed by atoms with E-state index in [9.17, 15) is 20.0 Å². The van der Waals surface area contributed by atoms with Gasteiger partial charge in [0.2, 0.25) is 5.13 Å². The van der Waals surface area contributed by atoms with Crippen LogP contribution < -0.4 is 10.2 Å². The third kappa shape index (κ3) is 6.05. The van der Waals surface area contributed by atoms with E-state index in [0.717, 1.165) is 10.4 Å². The van der Waals surface area contributed by atoms with Crippen LogP contribution in [0, 0.1) is 10.1 Å². The minimum Gasteiger partial charge on any atom is -0.497 e. The number of hydrogen-bond donors (Lipinski definition) is 2. The van der Waals surface area contributed by atoms with Crippen LogP contribution in [-0.2, 0) is 11.2 Å². The SMILES string of the molecule is COc1ccc(-c2sc(N/N=C(/Cc3ccccc3[N+](=O)[O-])C(=O)O)nc2-c2ccc(Cl)c(Cl)c2)cc1. The summed E-state index contributed by atoms with van der Waals surface area (Å²) in [7, 11) is 1.58. The Bertz CT molecular complexity index is 1510. The summed E-state index contributed by atoms with van der Waals surface area (Å²) in [5, 5.41) is 26.1. The van der Waals surface area contributed by atoms with Gasteiger partial charge >= 0.3 is 5.97 Å². The lowest BCUT2D eigenvalue weighted by Crippen LogP contribution is -2.18. The lowest BCUT2D eigenvalue weighted by Gasteiger charge is -2.05. The van der Waals surface area contributed by atoms with Crippen LogP contribution in [0.2, 0.25) is 10.0 Å². The molecule has 0 saturated heterocycles. The maximum Gasteiger partial charge on any atom is 0.352 e. The summed E-state index contributed by atoms with van der Waals surface area (Å²) in [6.45, 7) is 0. The van der Waals surface area contributed by atoms with Crippen LogP contribution in [0.1, 0.15) is 5.56 Å². The number of anilines is 1. The molecule has 0 amide bonds. The monoisotopic (exact) mass is 556 g/mol. The highest BCUT2D eigenvalue weighted by Crippen LogP contribution is 2.41. The van der Waals surface area contributed by atoms with Gasteiger partial charge in [-0.3, -0.25) is 15.5 Å². The third-order valence-electron chi connectivity index (χ3n) is 5.25. The summed E-state index contributed by atoms with van der Waals surface area (Å²) in [5.74, 6) is -0.629. The number of nitro benzene ring substituents is 1. The fraction of sp³-hybridized carbons (Fsp3) is 0.0800. The van der Waals surface area contributed by atoms with Crippen molar-refractivity contribution in [3.63, 3.8) is 0 Å². The molecule has 0 atom stereocenters. The number of carboxylic acids is 1. The number of methoxy groups -OCH3 is 1. The van der Waals surface area contributed by atoms with E-state index >= 15 is 0 Å². The molecule has 188 valence electrons. The standard InChI is InChI=1S/C25H18Cl2N4O5S/c1-36-17-9-6-14(7-10-17)23-22(16-8-11-18(26)19(27)12-16)28-25(37-23)30-29-20(24(32)33)13-15-4-2-3-5-21(15)31(34)35/h2-12H,13H2,1H3,(H,28,30)(H,32,33)/b29-20-. The maximum atomic E-state index is 11.9. The van der Waals surface area contributed by atoms with Crippen molar-refractivity contribution >= 4 is 57.0 Å². The average Bonchev–Trinajstić information content (AvgIpc) is 3.32. The molecule has 1 heterocycles. The predicted octanol–water partition coefficient (Wildman–Crippen LogP) is 6.80. The molecular formula is C25H18Cl2N4O5S. The second-order valence-electron chi connectivity index (χ2n) is 7.59. The van der Waals surface area contributed by atoms with Gasteiger partial charge in [-0.1, -0.05) is 58.8 Å². The van der Waals surface area contributed by atoms with Gasteiger partial charge in [0.1, 0.15) is 11.5 Å². The van der Waals surface area contributed by atoms with Gasteiger partial charge < -0.3 is 9.84 Å². The minimum atomic E-state index is -1.32. The number of thiazole rings is 1. The lowest BCUT2D eigenvalue weighted by atomic mass is 10.1. The molecule has 3 aromatic carbocycles. The highest BCUT2D eigenvalue weighted by molar-refractivity contribution is 7.19. The molecule has 2 N–H and O–H groups in total. The number of rotatable bonds is 9. The fourth-order valence-electron chi connectivity index (χ4n) is 3.44. The normalized spacial score (nSPS) is 11.3. The number of aromatic nitrogens is 1. The third-order valence-corrected chi connectivity index (χ3v) is 7.00. The van der Waals surface area contributed by atoms with Crippen LogP contribution in [0.25, 0.3) is 21.7 Å². The van der Waals surface area contributed by atoms with Crippen molar-refractivity contribution in [2.75, 3.05) is 12.5 Å². The quantitative estimate of drug-likeness (QED) is 0.132. The second-order valence-corrected chi connectivity index (χ2v) is 9.41. The Balaban J connectivity index is 1.71. The molecule has 1 aromatic heterocycles. The Morgan fingerprint density at radius 1 is 1.11 bits per heavy atom. The van der Waals surface area contributed by atoms with E-state index in [1.165, 1.54) is 29.5 Å². The van der Waals surface area contributed by atoms with Gasteiger partial charge in [0, 0.05) is 23.6 Å². The molecule has 0 saturated carbocycles. The Kier molecular flexibility index (Phi) is 8.02. The molecule has 37 heavy (non-hydrogen) atoms. The van der Waals surface area contributed by atoms with Gasteiger partial charge in [0.25, 0.3) is 5.69 Å². The molecule has 4 rings (SSSR count). The van der Waals surface area contributed by atoms with Crippen molar-refractivity contribution in [3.8, 4) is 27.4 Å². The number of halogens is 2. The van der Waals surface area contributed by atoms with E-state index in [4.69, 9.17) is 27.9 Å². The summed E-state index contributed by atoms with van der Waals surface area (Å²) in [6.07, 6.45) is -0.254. The first-order valence-corrected chi connectivity index (χ1v) is 12.2. The van der Waals surface area contributed by atoms with E-state index in [2.05, 4.69) is 15.5 Å². The molecule has 0 fully saturated rings. The number of ether oxygens (including phenoxy) is 1. The van der Waals surface area contributed by atoms with Crippen LogP contribution >= 0.6 is 34.5 Å². The van der Waals surface area contributed by atoms with E-state index in [1.54, 1.807) is 31.4 Å². The molecule has 0 aliphatic rings. The van der Waals surface area contributed by atoms with Gasteiger partial charge in [0.05, 0.1) is 32.6 Å². The van der Waals surface area contributed by atoms with Crippen LogP contribution in [0.4, 0.5) is 10.8 Å². The van der Waals surface area contributed by atoms with Crippen molar-refractivity contribution in [1.82, 2.24) is 4.98 Å². The van der Waals surface area contributed by atoms with Crippen LogP contribution in [-0.4, -0.2) is 33.8 Å². The van der Waals surface area contributed by atoms with Gasteiger partial charge in [0.15, 0.2) is 0 Å². The molecule has 0 unspecified atom stereocenters. The van der Waals surface area contributed by atoms with E-state index in [-0.39, 0.29) is 23.4 Å². The molecule has 0 aliphatic carbocycles. The molecule has 9 nitrogen and oxygen atoms in total. The average molecular weight is 557 g/mol. The Hall–Kier alpha value is -3.99. The first-order valence-electron chi connectivity index (χ1n) is 10.7. The maximum absolute atomic E-state index is 11.9. The number of hydrazone groups is 1. The molecule has 0 spiro atoms. The Morgan fingerprint density at radius 2 is 1.81 bits per heavy atom. The Morgan fingerprint density at radius 3 is 2.46 bits per heavy atom. The number of para-hydroxylation sites is 1. The van der Waals surface area contributed by atoms with Gasteiger partial charge in [-0.25, -0.2) is 9.78 Å². The topological polar surface area (TPSA) is 127 Å². The van der Waals surface area contributed by atoms with Gasteiger partial charge in [-0.05, 0) is 42.0 Å². The number of benzene rings is 3. The first-order chi connectivity index (χ1) is 17.8. The minimum absolute atomic E-state index is 0.186. The van der Waals surface area contributed by atoms with Crippen molar-refractivity contribution in [2.45, 2.75) is 6.42 Å². The molecule has 4 aromatic rings. The number of hydrogen-bond acceptors (Lipinski definition) is 8. The summed E-state index contributed by atoms with van der Waals surface area (Å²) in [6, 6.07) is 18.4. The summed E-state index contributed by atoms with van der Waals surface area (Å²) >= 11 is 13.6. The van der Waals surface area contributed by atoms with Crippen LogP contribution in [0.5, 0.6) is 5.75 Å². The van der Waals surface area contributed by atoms with E-state index < -0.39 is 10.9 Å². The number of nitrogens with one attached hydrogen (secondary N) is 1. The number of carbonyl (C=O) groups is 1. The highest BCUT2D eigenvalue weighted by atomic mass is 35.5. The summed E-state index contributed by atoms with van der Waals surface area (Å²) in [4.78, 5) is 28.0. The van der Waals surface area contributed by atoms with Crippen molar-refractivity contribution in [2.24, 2.45) is 5.10 Å². The zero-order valence-electron chi connectivity index (χ0n) is 19.1. The molecule has 12 heteroatoms.